The Morgan fingerprint density at radius 2 is 2.36 bits per heavy atom. The molecular formula is C6H5BrFNS2. The number of nitrogens with one attached hydrogen (secondary N) is 1. The lowest BCUT2D eigenvalue weighted by molar-refractivity contribution is 0.630. The van der Waals surface area contributed by atoms with E-state index >= 15 is 0 Å². The monoisotopic (exact) mass is 253 g/mol. The van der Waals surface area contributed by atoms with Crippen LogP contribution >= 0.6 is 34.2 Å². The third-order valence-corrected chi connectivity index (χ3v) is 5.63. The van der Waals surface area contributed by atoms with Crippen molar-refractivity contribution in [3.8, 4) is 0 Å². The van der Waals surface area contributed by atoms with E-state index in [-0.39, 0.29) is 5.82 Å². The summed E-state index contributed by atoms with van der Waals surface area (Å²) in [6, 6.07) is 5.11. The Morgan fingerprint density at radius 1 is 1.55 bits per heavy atom. The summed E-state index contributed by atoms with van der Waals surface area (Å²) < 4.78 is 16.0. The fourth-order valence-corrected chi connectivity index (χ4v) is 5.28. The first-order chi connectivity index (χ1) is 5.27. The van der Waals surface area contributed by atoms with Crippen LogP contribution in [0, 0.1) is 5.82 Å². The summed E-state index contributed by atoms with van der Waals surface area (Å²) in [7, 11) is 1.17. The summed E-state index contributed by atoms with van der Waals surface area (Å²) in [5, 5.41) is 0. The molecule has 0 fully saturated rings. The summed E-state index contributed by atoms with van der Waals surface area (Å²) in [4.78, 5) is 0.994. The smallest absolute Gasteiger partial charge is 0.148 e. The number of fused-ring (bicyclic) bond motifs is 1. The number of halogens is 2. The van der Waals surface area contributed by atoms with E-state index in [2.05, 4.69) is 19.5 Å². The van der Waals surface area contributed by atoms with Gasteiger partial charge in [0.1, 0.15) is 5.82 Å². The van der Waals surface area contributed by atoms with E-state index in [1.807, 2.05) is 6.07 Å². The minimum absolute atomic E-state index is 0.167. The molecule has 1 N–H and O–H groups in total. The molecule has 1 aromatic rings. The number of rotatable bonds is 0. The molecular weight excluding hydrogens is 249 g/mol. The maximum atomic E-state index is 13.0. The average Bonchev–Trinajstić information content (AvgIpc) is 2.31. The first-order valence-corrected chi connectivity index (χ1v) is 7.74. The Balaban J connectivity index is 2.49. The molecule has 0 spiro atoms. The van der Waals surface area contributed by atoms with Crippen LogP contribution in [0.15, 0.2) is 23.1 Å². The van der Waals surface area contributed by atoms with Gasteiger partial charge in [0.2, 0.25) is 0 Å². The van der Waals surface area contributed by atoms with E-state index in [0.29, 0.717) is 5.69 Å². The van der Waals surface area contributed by atoms with Crippen LogP contribution in [0.4, 0.5) is 10.1 Å². The van der Waals surface area contributed by atoms with Gasteiger partial charge in [0.15, 0.2) is 0 Å². The highest BCUT2D eigenvalue weighted by Gasteiger charge is 2.18. The van der Waals surface area contributed by atoms with Crippen LogP contribution in [0.1, 0.15) is 0 Å². The molecule has 1 atom stereocenters. The van der Waals surface area contributed by atoms with E-state index in [0.717, 1.165) is 4.90 Å². The molecule has 60 valence electrons. The molecule has 1 unspecified atom stereocenters. The number of para-hydroxylation sites is 1. The van der Waals surface area contributed by atoms with Crippen molar-refractivity contribution in [3.63, 3.8) is 0 Å². The van der Waals surface area contributed by atoms with Gasteiger partial charge < -0.3 is 4.72 Å². The van der Waals surface area contributed by atoms with Crippen molar-refractivity contribution < 1.29 is 4.39 Å². The van der Waals surface area contributed by atoms with Crippen molar-refractivity contribution in [1.82, 2.24) is 0 Å². The Labute approximate surface area is 77.8 Å². The number of hydrogen-bond donors (Lipinski definition) is 2. The van der Waals surface area contributed by atoms with Gasteiger partial charge in [0.25, 0.3) is 0 Å². The van der Waals surface area contributed by atoms with Crippen LogP contribution in [0.3, 0.4) is 0 Å². The minimum Gasteiger partial charge on any atom is -0.329 e. The second-order valence-corrected chi connectivity index (χ2v) is 8.58. The van der Waals surface area contributed by atoms with Crippen molar-refractivity contribution >= 4 is 39.8 Å². The number of hydrogen-bond acceptors (Lipinski definition) is 2. The molecule has 0 saturated carbocycles. The van der Waals surface area contributed by atoms with Gasteiger partial charge in [-0.05, 0) is 37.7 Å². The number of anilines is 1. The summed E-state index contributed by atoms with van der Waals surface area (Å²) in [6.45, 7) is 0. The SMILES string of the molecule is Fc1cccc2c1N[SH](Br)S2. The molecule has 0 aliphatic carbocycles. The lowest BCUT2D eigenvalue weighted by atomic mass is 10.3. The fourth-order valence-electron chi connectivity index (χ4n) is 0.886. The Kier molecular flexibility index (Phi) is 2.03. The van der Waals surface area contributed by atoms with Crippen molar-refractivity contribution in [3.05, 3.63) is 24.0 Å². The quantitative estimate of drug-likeness (QED) is 0.543. The van der Waals surface area contributed by atoms with Gasteiger partial charge in [0, 0.05) is 4.90 Å². The van der Waals surface area contributed by atoms with Gasteiger partial charge in [-0.15, -0.1) is 0 Å². The predicted octanol–water partition coefficient (Wildman–Crippen LogP) is 3.48. The largest absolute Gasteiger partial charge is 0.329 e. The number of thiol groups is 1. The van der Waals surface area contributed by atoms with Gasteiger partial charge in [-0.25, -0.2) is 4.39 Å². The average molecular weight is 254 g/mol. The third-order valence-electron chi connectivity index (χ3n) is 1.35. The zero-order valence-corrected chi connectivity index (χ0v) is 8.64. The molecule has 1 heterocycles. The fraction of sp³-hybridized carbons (Fsp3) is 0. The molecule has 11 heavy (non-hydrogen) atoms. The van der Waals surface area contributed by atoms with Gasteiger partial charge in [-0.3, -0.25) is 0 Å². The lowest BCUT2D eigenvalue weighted by Gasteiger charge is -2.02. The zero-order valence-electron chi connectivity index (χ0n) is 5.34. The van der Waals surface area contributed by atoms with Gasteiger partial charge in [0.05, 0.1) is 5.69 Å². The van der Waals surface area contributed by atoms with Crippen molar-refractivity contribution in [2.24, 2.45) is 0 Å². The van der Waals surface area contributed by atoms with Crippen LogP contribution in [0.5, 0.6) is 0 Å². The predicted molar refractivity (Wildman–Crippen MR) is 53.8 cm³/mol. The maximum absolute atomic E-state index is 13.0. The molecule has 1 nitrogen and oxygen atoms in total. The minimum atomic E-state index is -0.469. The topological polar surface area (TPSA) is 12.0 Å². The normalized spacial score (nSPS) is 24.4. The Morgan fingerprint density at radius 3 is 3.09 bits per heavy atom. The van der Waals surface area contributed by atoms with E-state index in [4.69, 9.17) is 0 Å². The first-order valence-electron chi connectivity index (χ1n) is 2.96. The Hall–Kier alpha value is 0.130. The third kappa shape index (κ3) is 1.37. The van der Waals surface area contributed by atoms with E-state index in [9.17, 15) is 4.39 Å². The van der Waals surface area contributed by atoms with Gasteiger partial charge in [-0.1, -0.05) is 14.6 Å². The van der Waals surface area contributed by atoms with Gasteiger partial charge >= 0.3 is 0 Å². The van der Waals surface area contributed by atoms with E-state index in [1.54, 1.807) is 16.9 Å². The molecule has 0 bridgehead atoms. The Bertz CT molecular complexity index is 294. The van der Waals surface area contributed by atoms with Crippen LogP contribution in [-0.4, -0.2) is 0 Å². The molecule has 0 saturated heterocycles. The van der Waals surface area contributed by atoms with Crippen LogP contribution in [0.2, 0.25) is 0 Å². The molecule has 5 heteroatoms. The summed E-state index contributed by atoms with van der Waals surface area (Å²) in [5.74, 6) is -0.167. The molecule has 2 rings (SSSR count). The molecule has 1 aliphatic heterocycles. The first kappa shape index (κ1) is 7.76. The lowest BCUT2D eigenvalue weighted by Crippen LogP contribution is -1.85. The van der Waals surface area contributed by atoms with Crippen molar-refractivity contribution in [1.29, 1.82) is 0 Å². The summed E-state index contributed by atoms with van der Waals surface area (Å²) >= 11 is 3.40. The van der Waals surface area contributed by atoms with Crippen molar-refractivity contribution in [2.75, 3.05) is 4.72 Å². The molecule has 0 aromatic heterocycles. The highest BCUT2D eigenvalue weighted by molar-refractivity contribution is 9.65. The molecule has 1 aromatic carbocycles. The highest BCUT2D eigenvalue weighted by atomic mass is 79.9. The molecule has 0 radical (unpaired) electrons. The van der Waals surface area contributed by atoms with Crippen LogP contribution < -0.4 is 4.72 Å². The summed E-state index contributed by atoms with van der Waals surface area (Å²) in [5.41, 5.74) is 0.639. The van der Waals surface area contributed by atoms with Crippen LogP contribution in [0.25, 0.3) is 0 Å². The zero-order chi connectivity index (χ0) is 7.84. The highest BCUT2D eigenvalue weighted by Crippen LogP contribution is 2.59. The molecule has 1 aliphatic rings. The molecule has 0 amide bonds. The summed E-state index contributed by atoms with van der Waals surface area (Å²) in [6.07, 6.45) is 0. The van der Waals surface area contributed by atoms with Crippen LogP contribution in [-0.2, 0) is 0 Å². The van der Waals surface area contributed by atoms with E-state index in [1.165, 1.54) is 6.07 Å². The van der Waals surface area contributed by atoms with Crippen molar-refractivity contribution in [2.45, 2.75) is 4.90 Å². The maximum Gasteiger partial charge on any atom is 0.148 e. The standard InChI is InChI=1S/C6H5BrFNS2/c7-11-9-6-4(8)2-1-3-5(6)10-11/h1-3,9,11H. The van der Waals surface area contributed by atoms with E-state index < -0.39 is 8.55 Å². The second kappa shape index (κ2) is 2.88. The second-order valence-electron chi connectivity index (χ2n) is 2.06. The van der Waals surface area contributed by atoms with Gasteiger partial charge in [-0.2, -0.15) is 0 Å². The number of benzene rings is 1.